The fourth-order valence-corrected chi connectivity index (χ4v) is 6.12. The van der Waals surface area contributed by atoms with E-state index in [0.717, 1.165) is 32.1 Å². The molecule has 0 aliphatic carbocycles. The Labute approximate surface area is 286 Å². The van der Waals surface area contributed by atoms with Crippen LogP contribution in [-0.4, -0.2) is 46.1 Å². The predicted molar refractivity (Wildman–Crippen MR) is 199 cm³/mol. The van der Waals surface area contributed by atoms with E-state index in [1.54, 1.807) is 6.08 Å². The second-order valence-corrected chi connectivity index (χ2v) is 13.9. The number of carbonyl (C=O) groups excluding carboxylic acids is 1. The first kappa shape index (κ1) is 44.8. The first-order valence-electron chi connectivity index (χ1n) is 20.1. The molecule has 4 N–H and O–H groups in total. The molecule has 0 heterocycles. The van der Waals surface area contributed by atoms with Crippen LogP contribution in [0.3, 0.4) is 0 Å². The highest BCUT2D eigenvalue weighted by Crippen LogP contribution is 2.15. The lowest BCUT2D eigenvalue weighted by atomic mass is 10.0. The fraction of sp³-hybridized carbons (Fsp3) is 0.878. The Morgan fingerprint density at radius 2 is 0.935 bits per heavy atom. The lowest BCUT2D eigenvalue weighted by Crippen LogP contribution is -2.45. The molecule has 46 heavy (non-hydrogen) atoms. The number of aliphatic hydroxyl groups excluding tert-OH is 3. The summed E-state index contributed by atoms with van der Waals surface area (Å²) in [5.74, 6) is -0.324. The van der Waals surface area contributed by atoms with Crippen molar-refractivity contribution in [1.29, 1.82) is 0 Å². The van der Waals surface area contributed by atoms with Gasteiger partial charge in [0.1, 0.15) is 0 Å². The molecular formula is C41H79NO4. The minimum atomic E-state index is -0.947. The summed E-state index contributed by atoms with van der Waals surface area (Å²) < 4.78 is 0. The van der Waals surface area contributed by atoms with Crippen molar-refractivity contribution in [3.8, 4) is 0 Å². The van der Waals surface area contributed by atoms with Crippen molar-refractivity contribution in [1.82, 2.24) is 5.32 Å². The van der Waals surface area contributed by atoms with E-state index < -0.39 is 18.2 Å². The summed E-state index contributed by atoms with van der Waals surface area (Å²) >= 11 is 0. The summed E-state index contributed by atoms with van der Waals surface area (Å²) in [5, 5.41) is 33.1. The van der Waals surface area contributed by atoms with Crippen LogP contribution in [0.5, 0.6) is 0 Å². The zero-order valence-corrected chi connectivity index (χ0v) is 30.7. The van der Waals surface area contributed by atoms with Gasteiger partial charge in [-0.15, -0.1) is 0 Å². The molecule has 0 saturated carbocycles. The second-order valence-electron chi connectivity index (χ2n) is 13.9. The van der Waals surface area contributed by atoms with Gasteiger partial charge in [-0.3, -0.25) is 4.79 Å². The molecular weight excluding hydrogens is 570 g/mol. The van der Waals surface area contributed by atoms with Crippen molar-refractivity contribution in [3.63, 3.8) is 0 Å². The number of nitrogens with one attached hydrogen (secondary N) is 1. The highest BCUT2D eigenvalue weighted by Gasteiger charge is 2.20. The van der Waals surface area contributed by atoms with Gasteiger partial charge in [-0.25, -0.2) is 0 Å². The summed E-state index contributed by atoms with van der Waals surface area (Å²) in [6.07, 6.45) is 43.1. The van der Waals surface area contributed by atoms with Crippen LogP contribution in [-0.2, 0) is 4.79 Å². The standard InChI is InChI=1S/C41H79NO4/c1-3-5-7-9-11-13-15-17-19-21-23-25-27-29-31-33-35-40(45)39(37-43)42-41(46)36-38(44)34-32-30-28-26-24-22-20-18-16-14-12-10-8-6-4-2/h25,27,33,35,38-40,43-45H,3-24,26,28-32,34,36-37H2,1-2H3,(H,42,46)/b27-25+,35-33+. The number of hydrogen-bond acceptors (Lipinski definition) is 4. The van der Waals surface area contributed by atoms with Crippen LogP contribution >= 0.6 is 0 Å². The number of allylic oxidation sites excluding steroid dienone is 3. The number of amides is 1. The van der Waals surface area contributed by atoms with Gasteiger partial charge in [0.2, 0.25) is 5.91 Å². The van der Waals surface area contributed by atoms with Gasteiger partial charge >= 0.3 is 0 Å². The molecule has 0 rings (SSSR count). The Hall–Kier alpha value is -1.17. The molecule has 0 aliphatic rings. The van der Waals surface area contributed by atoms with Crippen LogP contribution in [0.25, 0.3) is 0 Å². The van der Waals surface area contributed by atoms with Gasteiger partial charge in [0.25, 0.3) is 0 Å². The van der Waals surface area contributed by atoms with Crippen LogP contribution < -0.4 is 5.32 Å². The Morgan fingerprint density at radius 3 is 1.39 bits per heavy atom. The van der Waals surface area contributed by atoms with Crippen molar-refractivity contribution >= 4 is 5.91 Å². The molecule has 0 spiro atoms. The first-order chi connectivity index (χ1) is 22.5. The maximum atomic E-state index is 12.4. The van der Waals surface area contributed by atoms with Gasteiger partial charge in [0.05, 0.1) is 31.3 Å². The number of hydrogen-bond donors (Lipinski definition) is 4. The highest BCUT2D eigenvalue weighted by atomic mass is 16.3. The fourth-order valence-electron chi connectivity index (χ4n) is 6.12. The first-order valence-corrected chi connectivity index (χ1v) is 20.1. The predicted octanol–water partition coefficient (Wildman–Crippen LogP) is 11.0. The Morgan fingerprint density at radius 1 is 0.543 bits per heavy atom. The number of unbranched alkanes of at least 4 members (excludes halogenated alkanes) is 25. The molecule has 5 nitrogen and oxygen atoms in total. The molecule has 0 aromatic heterocycles. The van der Waals surface area contributed by atoms with E-state index in [1.807, 2.05) is 6.08 Å². The second kappa shape index (κ2) is 36.7. The largest absolute Gasteiger partial charge is 0.394 e. The molecule has 0 bridgehead atoms. The van der Waals surface area contributed by atoms with Crippen molar-refractivity contribution in [2.75, 3.05) is 6.61 Å². The highest BCUT2D eigenvalue weighted by molar-refractivity contribution is 5.76. The molecule has 0 fully saturated rings. The Balaban J connectivity index is 3.73. The molecule has 5 heteroatoms. The molecule has 0 aliphatic heterocycles. The molecule has 3 unspecified atom stereocenters. The van der Waals surface area contributed by atoms with Crippen molar-refractivity contribution in [3.05, 3.63) is 24.3 Å². The van der Waals surface area contributed by atoms with Crippen LogP contribution in [0, 0.1) is 0 Å². The number of aliphatic hydroxyl groups is 3. The zero-order chi connectivity index (χ0) is 33.8. The van der Waals surface area contributed by atoms with E-state index in [9.17, 15) is 20.1 Å². The zero-order valence-electron chi connectivity index (χ0n) is 30.7. The van der Waals surface area contributed by atoms with E-state index in [4.69, 9.17) is 0 Å². The molecule has 272 valence electrons. The molecule has 0 aromatic carbocycles. The van der Waals surface area contributed by atoms with Crippen molar-refractivity contribution in [2.45, 2.75) is 225 Å². The number of carbonyl (C=O) groups is 1. The lowest BCUT2D eigenvalue weighted by Gasteiger charge is -2.21. The van der Waals surface area contributed by atoms with Gasteiger partial charge in [0, 0.05) is 0 Å². The van der Waals surface area contributed by atoms with E-state index in [-0.39, 0.29) is 18.9 Å². The van der Waals surface area contributed by atoms with Gasteiger partial charge < -0.3 is 20.6 Å². The van der Waals surface area contributed by atoms with E-state index in [2.05, 4.69) is 31.3 Å². The average molecular weight is 650 g/mol. The normalized spacial score (nSPS) is 13.9. The van der Waals surface area contributed by atoms with Crippen molar-refractivity contribution in [2.24, 2.45) is 0 Å². The third-order valence-corrected chi connectivity index (χ3v) is 9.24. The number of rotatable bonds is 36. The minimum absolute atomic E-state index is 0.00931. The summed E-state index contributed by atoms with van der Waals surface area (Å²) in [7, 11) is 0. The summed E-state index contributed by atoms with van der Waals surface area (Å²) in [4.78, 5) is 12.4. The smallest absolute Gasteiger partial charge is 0.222 e. The van der Waals surface area contributed by atoms with Gasteiger partial charge in [-0.05, 0) is 32.1 Å². The van der Waals surface area contributed by atoms with E-state index >= 15 is 0 Å². The minimum Gasteiger partial charge on any atom is -0.394 e. The third kappa shape index (κ3) is 32.8. The molecule has 3 atom stereocenters. The molecule has 0 radical (unpaired) electrons. The van der Waals surface area contributed by atoms with Crippen LogP contribution in [0.1, 0.15) is 206 Å². The molecule has 0 aromatic rings. The Kier molecular flexibility index (Phi) is 35.7. The summed E-state index contributed by atoms with van der Waals surface area (Å²) in [6, 6.07) is -0.756. The topological polar surface area (TPSA) is 89.8 Å². The van der Waals surface area contributed by atoms with Crippen LogP contribution in [0.4, 0.5) is 0 Å². The van der Waals surface area contributed by atoms with Crippen LogP contribution in [0.15, 0.2) is 24.3 Å². The average Bonchev–Trinajstić information content (AvgIpc) is 3.05. The molecule has 1 amide bonds. The van der Waals surface area contributed by atoms with Gasteiger partial charge in [-0.2, -0.15) is 0 Å². The molecule has 0 saturated heterocycles. The van der Waals surface area contributed by atoms with Gasteiger partial charge in [0.15, 0.2) is 0 Å². The SMILES string of the molecule is CCCCCCCCCCCC/C=C/CC/C=C/C(O)C(CO)NC(=O)CC(O)CCCCCCCCCCCCCCCCC. The maximum Gasteiger partial charge on any atom is 0.222 e. The summed E-state index contributed by atoms with van der Waals surface area (Å²) in [5.41, 5.74) is 0. The Bertz CT molecular complexity index is 679. The summed E-state index contributed by atoms with van der Waals surface area (Å²) in [6.45, 7) is 4.20. The monoisotopic (exact) mass is 650 g/mol. The lowest BCUT2D eigenvalue weighted by molar-refractivity contribution is -0.124. The quantitative estimate of drug-likeness (QED) is 0.0401. The van der Waals surface area contributed by atoms with E-state index in [0.29, 0.717) is 6.42 Å². The van der Waals surface area contributed by atoms with Crippen molar-refractivity contribution < 1.29 is 20.1 Å². The van der Waals surface area contributed by atoms with Gasteiger partial charge in [-0.1, -0.05) is 192 Å². The maximum absolute atomic E-state index is 12.4. The van der Waals surface area contributed by atoms with Crippen LogP contribution in [0.2, 0.25) is 0 Å². The third-order valence-electron chi connectivity index (χ3n) is 9.24. The van der Waals surface area contributed by atoms with E-state index in [1.165, 1.54) is 148 Å².